The third-order valence-electron chi connectivity index (χ3n) is 2.88. The number of rotatable bonds is 4. The number of alkyl halides is 3. The van der Waals surface area contributed by atoms with Gasteiger partial charge in [-0.2, -0.15) is 0 Å². The zero-order chi connectivity index (χ0) is 16.9. The van der Waals surface area contributed by atoms with Gasteiger partial charge in [-0.3, -0.25) is 4.98 Å². The second kappa shape index (κ2) is 6.99. The smallest absolute Gasteiger partial charge is 0.406 e. The molecule has 1 heterocycles. The lowest BCUT2D eigenvalue weighted by atomic mass is 10.2. The molecule has 8 heteroatoms. The van der Waals surface area contributed by atoms with Crippen LogP contribution in [0.25, 0.3) is 0 Å². The highest BCUT2D eigenvalue weighted by Gasteiger charge is 2.30. The Morgan fingerprint density at radius 3 is 2.57 bits per heavy atom. The van der Waals surface area contributed by atoms with Crippen molar-refractivity contribution in [1.29, 1.82) is 0 Å². The lowest BCUT2D eigenvalue weighted by molar-refractivity contribution is -0.274. The van der Waals surface area contributed by atoms with Crippen LogP contribution in [0.15, 0.2) is 47.6 Å². The van der Waals surface area contributed by atoms with Gasteiger partial charge in [0.2, 0.25) is 0 Å². The van der Waals surface area contributed by atoms with Crippen LogP contribution in [0.4, 0.5) is 18.9 Å². The SMILES string of the molecule is Cc1cccnc1CN=C(N)Nc1ccc(OC(F)(F)F)cc1. The van der Waals surface area contributed by atoms with Crippen molar-refractivity contribution in [2.45, 2.75) is 19.8 Å². The summed E-state index contributed by atoms with van der Waals surface area (Å²) in [4.78, 5) is 8.33. The molecule has 122 valence electrons. The van der Waals surface area contributed by atoms with Crippen molar-refractivity contribution in [3.8, 4) is 5.75 Å². The summed E-state index contributed by atoms with van der Waals surface area (Å²) < 4.78 is 40.0. The first kappa shape index (κ1) is 16.6. The average Bonchev–Trinajstić information content (AvgIpc) is 2.47. The van der Waals surface area contributed by atoms with Crippen LogP contribution in [0.2, 0.25) is 0 Å². The lowest BCUT2D eigenvalue weighted by Crippen LogP contribution is -2.22. The molecule has 0 radical (unpaired) electrons. The van der Waals surface area contributed by atoms with Crippen LogP contribution in [0.3, 0.4) is 0 Å². The van der Waals surface area contributed by atoms with E-state index >= 15 is 0 Å². The fourth-order valence-electron chi connectivity index (χ4n) is 1.77. The molecule has 0 saturated heterocycles. The van der Waals surface area contributed by atoms with Crippen LogP contribution < -0.4 is 15.8 Å². The minimum Gasteiger partial charge on any atom is -0.406 e. The van der Waals surface area contributed by atoms with Crippen molar-refractivity contribution in [2.24, 2.45) is 10.7 Å². The van der Waals surface area contributed by atoms with Crippen LogP contribution in [-0.2, 0) is 6.54 Å². The number of pyridine rings is 1. The first-order valence-corrected chi connectivity index (χ1v) is 6.67. The van der Waals surface area contributed by atoms with Gasteiger partial charge in [0.1, 0.15) is 5.75 Å². The van der Waals surface area contributed by atoms with E-state index in [1.54, 1.807) is 6.20 Å². The number of anilines is 1. The zero-order valence-electron chi connectivity index (χ0n) is 12.3. The van der Waals surface area contributed by atoms with Crippen LogP contribution >= 0.6 is 0 Å². The number of hydrogen-bond acceptors (Lipinski definition) is 3. The minimum atomic E-state index is -4.71. The van der Waals surface area contributed by atoms with Crippen molar-refractivity contribution in [2.75, 3.05) is 5.32 Å². The fraction of sp³-hybridized carbons (Fsp3) is 0.200. The van der Waals surface area contributed by atoms with Crippen molar-refractivity contribution < 1.29 is 17.9 Å². The molecule has 0 atom stereocenters. The maximum Gasteiger partial charge on any atom is 0.573 e. The molecule has 0 bridgehead atoms. The number of nitrogens with one attached hydrogen (secondary N) is 1. The molecule has 2 rings (SSSR count). The maximum atomic E-state index is 12.1. The molecule has 0 unspecified atom stereocenters. The van der Waals surface area contributed by atoms with Gasteiger partial charge in [-0.05, 0) is 42.8 Å². The summed E-state index contributed by atoms with van der Waals surface area (Å²) in [6.45, 7) is 2.22. The van der Waals surface area contributed by atoms with E-state index in [1.165, 1.54) is 24.3 Å². The zero-order valence-corrected chi connectivity index (χ0v) is 12.3. The summed E-state index contributed by atoms with van der Waals surface area (Å²) in [5.74, 6) is -0.165. The number of ether oxygens (including phenoxy) is 1. The van der Waals surface area contributed by atoms with E-state index in [0.717, 1.165) is 11.3 Å². The molecular weight excluding hydrogens is 309 g/mol. The Hall–Kier alpha value is -2.77. The Balaban J connectivity index is 1.96. The first-order chi connectivity index (χ1) is 10.8. The number of aryl methyl sites for hydroxylation is 1. The molecule has 1 aromatic heterocycles. The monoisotopic (exact) mass is 324 g/mol. The van der Waals surface area contributed by atoms with Crippen LogP contribution in [0, 0.1) is 6.92 Å². The van der Waals surface area contributed by atoms with Gasteiger partial charge in [0.25, 0.3) is 0 Å². The summed E-state index contributed by atoms with van der Waals surface area (Å²) >= 11 is 0. The number of nitrogens with zero attached hydrogens (tertiary/aromatic N) is 2. The highest BCUT2D eigenvalue weighted by molar-refractivity contribution is 5.92. The largest absolute Gasteiger partial charge is 0.573 e. The number of hydrogen-bond donors (Lipinski definition) is 2. The second-order valence-electron chi connectivity index (χ2n) is 4.67. The van der Waals surface area contributed by atoms with Gasteiger partial charge >= 0.3 is 6.36 Å². The Morgan fingerprint density at radius 1 is 1.26 bits per heavy atom. The molecule has 3 N–H and O–H groups in total. The quantitative estimate of drug-likeness (QED) is 0.669. The molecular formula is C15H15F3N4O. The summed E-state index contributed by atoms with van der Waals surface area (Å²) in [6.07, 6.45) is -3.04. The number of halogens is 3. The van der Waals surface area contributed by atoms with E-state index in [-0.39, 0.29) is 11.7 Å². The fourth-order valence-corrected chi connectivity index (χ4v) is 1.77. The van der Waals surface area contributed by atoms with Gasteiger partial charge in [0, 0.05) is 11.9 Å². The summed E-state index contributed by atoms with van der Waals surface area (Å²) in [6, 6.07) is 8.94. The maximum absolute atomic E-state index is 12.1. The van der Waals surface area contributed by atoms with Gasteiger partial charge in [-0.15, -0.1) is 13.2 Å². The van der Waals surface area contributed by atoms with E-state index in [9.17, 15) is 13.2 Å². The van der Waals surface area contributed by atoms with Crippen molar-refractivity contribution in [3.63, 3.8) is 0 Å². The molecule has 5 nitrogen and oxygen atoms in total. The van der Waals surface area contributed by atoms with E-state index in [4.69, 9.17) is 5.73 Å². The summed E-state index contributed by atoms with van der Waals surface area (Å²) in [7, 11) is 0. The number of aliphatic imine (C=N–C) groups is 1. The van der Waals surface area contributed by atoms with Crippen molar-refractivity contribution >= 4 is 11.6 Å². The standard InChI is InChI=1S/C15H15F3N4O/c1-10-3-2-8-20-13(10)9-21-14(19)22-11-4-6-12(7-5-11)23-15(16,17)18/h2-8H,9H2,1H3,(H3,19,21,22). The molecule has 0 aliphatic heterocycles. The number of aromatic nitrogens is 1. The Kier molecular flexibility index (Phi) is 5.05. The molecule has 23 heavy (non-hydrogen) atoms. The average molecular weight is 324 g/mol. The Labute approximate surface area is 131 Å². The van der Waals surface area contributed by atoms with Crippen molar-refractivity contribution in [3.05, 3.63) is 53.9 Å². The highest BCUT2D eigenvalue weighted by atomic mass is 19.4. The van der Waals surface area contributed by atoms with Gasteiger partial charge in [-0.25, -0.2) is 4.99 Å². The van der Waals surface area contributed by atoms with Gasteiger partial charge in [0.05, 0.1) is 12.2 Å². The van der Waals surface area contributed by atoms with Gasteiger partial charge in [0.15, 0.2) is 5.96 Å². The normalized spacial score (nSPS) is 12.1. The van der Waals surface area contributed by atoms with Crippen LogP contribution in [0.1, 0.15) is 11.3 Å². The summed E-state index contributed by atoms with van der Waals surface area (Å²) in [5, 5.41) is 2.78. The van der Waals surface area contributed by atoms with Gasteiger partial charge < -0.3 is 15.8 Å². The molecule has 1 aromatic carbocycles. The Bertz CT molecular complexity index is 684. The van der Waals surface area contributed by atoms with E-state index < -0.39 is 6.36 Å². The molecule has 0 spiro atoms. The van der Waals surface area contributed by atoms with E-state index in [1.807, 2.05) is 19.1 Å². The van der Waals surface area contributed by atoms with Crippen molar-refractivity contribution in [1.82, 2.24) is 4.98 Å². The minimum absolute atomic E-state index is 0.138. The number of benzene rings is 1. The van der Waals surface area contributed by atoms with Gasteiger partial charge in [-0.1, -0.05) is 6.07 Å². The van der Waals surface area contributed by atoms with Crippen LogP contribution in [-0.4, -0.2) is 17.3 Å². The topological polar surface area (TPSA) is 72.5 Å². The molecule has 0 fully saturated rings. The lowest BCUT2D eigenvalue weighted by Gasteiger charge is -2.10. The molecule has 0 saturated carbocycles. The molecule has 0 amide bonds. The third-order valence-corrected chi connectivity index (χ3v) is 2.88. The predicted octanol–water partition coefficient (Wildman–Crippen LogP) is 3.22. The molecule has 0 aliphatic rings. The van der Waals surface area contributed by atoms with E-state index in [2.05, 4.69) is 20.0 Å². The first-order valence-electron chi connectivity index (χ1n) is 6.67. The Morgan fingerprint density at radius 2 is 1.96 bits per heavy atom. The highest BCUT2D eigenvalue weighted by Crippen LogP contribution is 2.23. The number of nitrogens with two attached hydrogens (primary N) is 1. The third kappa shape index (κ3) is 5.50. The second-order valence-corrected chi connectivity index (χ2v) is 4.67. The molecule has 0 aliphatic carbocycles. The molecule has 2 aromatic rings. The number of guanidine groups is 1. The van der Waals surface area contributed by atoms with Crippen LogP contribution in [0.5, 0.6) is 5.75 Å². The van der Waals surface area contributed by atoms with E-state index in [0.29, 0.717) is 12.2 Å². The summed E-state index contributed by atoms with van der Waals surface area (Å²) in [5.41, 5.74) is 8.04. The predicted molar refractivity (Wildman–Crippen MR) is 81.0 cm³/mol.